The second-order valence-corrected chi connectivity index (χ2v) is 8.51. The third-order valence-electron chi connectivity index (χ3n) is 6.62. The number of hydrogen-bond acceptors (Lipinski definition) is 3. The van der Waals surface area contributed by atoms with Gasteiger partial charge in [-0.05, 0) is 29.3 Å². The highest BCUT2D eigenvalue weighted by molar-refractivity contribution is 5.86. The van der Waals surface area contributed by atoms with Gasteiger partial charge >= 0.3 is 0 Å². The number of piperidine rings is 1. The number of carbonyl (C=O) groups is 1. The molecule has 6 heteroatoms. The molecular formula is C25H27FN2O3. The van der Waals surface area contributed by atoms with Gasteiger partial charge in [0, 0.05) is 62.4 Å². The molecule has 5 nitrogen and oxygen atoms in total. The predicted molar refractivity (Wildman–Crippen MR) is 116 cm³/mol. The van der Waals surface area contributed by atoms with Crippen molar-refractivity contribution in [3.05, 3.63) is 71.7 Å². The number of carbonyl (C=O) groups excluding carboxylic acids is 1. The van der Waals surface area contributed by atoms with Crippen LogP contribution in [0.1, 0.15) is 36.3 Å². The smallest absolute Gasteiger partial charge is 0.223 e. The standard InChI is InChI=1S/C25H27FN2O3/c1-27-17-22(20-7-2-3-8-23(20)27)21(18-5-4-6-19(26)15-18)16-24(29)28-11-9-25(10-12-28)30-13-14-31-25/h2-8,15,17,21H,9-14,16H2,1H3/t21-/m1/s1. The van der Waals surface area contributed by atoms with E-state index in [-0.39, 0.29) is 17.6 Å². The topological polar surface area (TPSA) is 43.7 Å². The first-order chi connectivity index (χ1) is 15.0. The van der Waals surface area contributed by atoms with E-state index < -0.39 is 5.79 Å². The summed E-state index contributed by atoms with van der Waals surface area (Å²) in [5, 5.41) is 1.09. The molecule has 2 saturated heterocycles. The molecule has 0 N–H and O–H groups in total. The van der Waals surface area contributed by atoms with Crippen molar-refractivity contribution in [2.45, 2.75) is 31.0 Å². The second kappa shape index (κ2) is 8.09. The summed E-state index contributed by atoms with van der Waals surface area (Å²) in [6.45, 7) is 2.47. The summed E-state index contributed by atoms with van der Waals surface area (Å²) in [5.41, 5.74) is 2.97. The molecule has 2 aliphatic heterocycles. The monoisotopic (exact) mass is 422 g/mol. The number of amides is 1. The molecule has 1 atom stereocenters. The minimum absolute atomic E-state index is 0.0787. The Labute approximate surface area is 181 Å². The predicted octanol–water partition coefficient (Wildman–Crippen LogP) is 4.20. The number of likely N-dealkylation sites (tertiary alicyclic amines) is 1. The lowest BCUT2D eigenvalue weighted by molar-refractivity contribution is -0.187. The molecule has 0 unspecified atom stereocenters. The van der Waals surface area contributed by atoms with E-state index in [9.17, 15) is 9.18 Å². The minimum Gasteiger partial charge on any atom is -0.350 e. The Morgan fingerprint density at radius 2 is 1.84 bits per heavy atom. The summed E-state index contributed by atoms with van der Waals surface area (Å²) in [5.74, 6) is -0.932. The lowest BCUT2D eigenvalue weighted by Crippen LogP contribution is -2.47. The number of halogens is 1. The SMILES string of the molecule is Cn1cc([C@H](CC(=O)N2CCC3(CC2)OCCO3)c2cccc(F)c2)c2ccccc21. The van der Waals surface area contributed by atoms with Crippen LogP contribution in [-0.4, -0.2) is 47.5 Å². The highest BCUT2D eigenvalue weighted by Gasteiger charge is 2.41. The molecule has 0 radical (unpaired) electrons. The van der Waals surface area contributed by atoms with Gasteiger partial charge in [0.1, 0.15) is 5.82 Å². The van der Waals surface area contributed by atoms with E-state index in [1.165, 1.54) is 6.07 Å². The maximum atomic E-state index is 14.1. The van der Waals surface area contributed by atoms with Gasteiger partial charge in [-0.1, -0.05) is 30.3 Å². The molecule has 5 rings (SSSR count). The first-order valence-electron chi connectivity index (χ1n) is 10.9. The summed E-state index contributed by atoms with van der Waals surface area (Å²) in [6, 6.07) is 14.8. The number of rotatable bonds is 4. The average molecular weight is 422 g/mol. The van der Waals surface area contributed by atoms with E-state index in [1.54, 1.807) is 12.1 Å². The number of fused-ring (bicyclic) bond motifs is 1. The highest BCUT2D eigenvalue weighted by atomic mass is 19.1. The maximum absolute atomic E-state index is 14.1. The Balaban J connectivity index is 1.43. The van der Waals surface area contributed by atoms with Gasteiger partial charge in [0.25, 0.3) is 0 Å². The Bertz CT molecular complexity index is 1090. The first-order valence-corrected chi connectivity index (χ1v) is 10.9. The van der Waals surface area contributed by atoms with Gasteiger partial charge in [-0.3, -0.25) is 4.79 Å². The zero-order valence-corrected chi connectivity index (χ0v) is 17.7. The number of aryl methyl sites for hydroxylation is 1. The Morgan fingerprint density at radius 3 is 2.58 bits per heavy atom. The van der Waals surface area contributed by atoms with E-state index in [0.29, 0.717) is 45.6 Å². The molecule has 31 heavy (non-hydrogen) atoms. The van der Waals surface area contributed by atoms with Crippen LogP contribution in [-0.2, 0) is 21.3 Å². The van der Waals surface area contributed by atoms with Crippen LogP contribution in [0.4, 0.5) is 4.39 Å². The summed E-state index contributed by atoms with van der Waals surface area (Å²) in [6.07, 6.45) is 3.75. The van der Waals surface area contributed by atoms with Crippen molar-refractivity contribution in [1.82, 2.24) is 9.47 Å². The third-order valence-corrected chi connectivity index (χ3v) is 6.62. The molecular weight excluding hydrogens is 395 g/mol. The number of para-hydroxylation sites is 1. The Kier molecular flexibility index (Phi) is 5.28. The average Bonchev–Trinajstić information content (AvgIpc) is 3.37. The van der Waals surface area contributed by atoms with Crippen LogP contribution in [0.3, 0.4) is 0 Å². The molecule has 2 aromatic carbocycles. The number of ether oxygens (including phenoxy) is 2. The van der Waals surface area contributed by atoms with Gasteiger partial charge < -0.3 is 18.9 Å². The fourth-order valence-electron chi connectivity index (χ4n) is 4.97. The van der Waals surface area contributed by atoms with Crippen LogP contribution in [0.25, 0.3) is 10.9 Å². The number of benzene rings is 2. The van der Waals surface area contributed by atoms with Crippen LogP contribution in [0.15, 0.2) is 54.7 Å². The van der Waals surface area contributed by atoms with Crippen molar-refractivity contribution >= 4 is 16.8 Å². The van der Waals surface area contributed by atoms with Gasteiger partial charge in [0.2, 0.25) is 5.91 Å². The third kappa shape index (κ3) is 3.86. The number of nitrogens with zero attached hydrogens (tertiary/aromatic N) is 2. The lowest BCUT2D eigenvalue weighted by atomic mass is 9.87. The summed E-state index contributed by atoms with van der Waals surface area (Å²) < 4.78 is 27.7. The summed E-state index contributed by atoms with van der Waals surface area (Å²) >= 11 is 0. The van der Waals surface area contributed by atoms with Crippen LogP contribution in [0.5, 0.6) is 0 Å². The molecule has 3 aromatic rings. The minimum atomic E-state index is -0.506. The number of hydrogen-bond donors (Lipinski definition) is 0. The second-order valence-electron chi connectivity index (χ2n) is 8.51. The van der Waals surface area contributed by atoms with Gasteiger partial charge in [-0.25, -0.2) is 4.39 Å². The van der Waals surface area contributed by atoms with Crippen LogP contribution < -0.4 is 0 Å². The van der Waals surface area contributed by atoms with E-state index in [4.69, 9.17) is 9.47 Å². The normalized spacial score (nSPS) is 19.2. The Hall–Kier alpha value is -2.70. The zero-order chi connectivity index (χ0) is 21.4. The Morgan fingerprint density at radius 1 is 1.10 bits per heavy atom. The van der Waals surface area contributed by atoms with E-state index in [1.807, 2.05) is 30.1 Å². The molecule has 0 bridgehead atoms. The van der Waals surface area contributed by atoms with E-state index in [2.05, 4.69) is 22.9 Å². The van der Waals surface area contributed by atoms with Gasteiger partial charge in [-0.15, -0.1) is 0 Å². The largest absolute Gasteiger partial charge is 0.350 e. The molecule has 162 valence electrons. The highest BCUT2D eigenvalue weighted by Crippen LogP contribution is 2.36. The molecule has 2 aliphatic rings. The van der Waals surface area contributed by atoms with Crippen molar-refractivity contribution in [3.63, 3.8) is 0 Å². The van der Waals surface area contributed by atoms with Gasteiger partial charge in [0.05, 0.1) is 13.2 Å². The molecule has 2 fully saturated rings. The molecule has 1 spiro atoms. The van der Waals surface area contributed by atoms with E-state index >= 15 is 0 Å². The van der Waals surface area contributed by atoms with Crippen molar-refractivity contribution in [2.75, 3.05) is 26.3 Å². The molecule has 3 heterocycles. The molecule has 1 amide bonds. The van der Waals surface area contributed by atoms with Gasteiger partial charge in [-0.2, -0.15) is 0 Å². The quantitative estimate of drug-likeness (QED) is 0.633. The molecule has 0 saturated carbocycles. The van der Waals surface area contributed by atoms with Crippen LogP contribution in [0, 0.1) is 5.82 Å². The van der Waals surface area contributed by atoms with Crippen molar-refractivity contribution in [2.24, 2.45) is 7.05 Å². The molecule has 0 aliphatic carbocycles. The zero-order valence-electron chi connectivity index (χ0n) is 17.7. The van der Waals surface area contributed by atoms with Crippen molar-refractivity contribution in [3.8, 4) is 0 Å². The first kappa shape index (κ1) is 20.2. The fraction of sp³-hybridized carbons (Fsp3) is 0.400. The van der Waals surface area contributed by atoms with Gasteiger partial charge in [0.15, 0.2) is 5.79 Å². The van der Waals surface area contributed by atoms with Crippen LogP contribution in [0.2, 0.25) is 0 Å². The van der Waals surface area contributed by atoms with E-state index in [0.717, 1.165) is 22.0 Å². The lowest BCUT2D eigenvalue weighted by Gasteiger charge is -2.38. The fourth-order valence-corrected chi connectivity index (χ4v) is 4.97. The molecule has 1 aromatic heterocycles. The van der Waals surface area contributed by atoms with Crippen molar-refractivity contribution in [1.29, 1.82) is 0 Å². The van der Waals surface area contributed by atoms with Crippen LogP contribution >= 0.6 is 0 Å². The summed E-state index contributed by atoms with van der Waals surface area (Å²) in [7, 11) is 2.00. The number of aromatic nitrogens is 1. The van der Waals surface area contributed by atoms with Crippen molar-refractivity contribution < 1.29 is 18.7 Å². The maximum Gasteiger partial charge on any atom is 0.223 e. The summed E-state index contributed by atoms with van der Waals surface area (Å²) in [4.78, 5) is 15.2.